The summed E-state index contributed by atoms with van der Waals surface area (Å²) in [5, 5.41) is 12.9. The summed E-state index contributed by atoms with van der Waals surface area (Å²) >= 11 is 0. The van der Waals surface area contributed by atoms with Gasteiger partial charge in [-0.3, -0.25) is 9.69 Å². The molecular weight excluding hydrogens is 409 g/mol. The molecule has 2 aliphatic rings. The van der Waals surface area contributed by atoms with E-state index in [-0.39, 0.29) is 42.4 Å². The second-order valence-corrected chi connectivity index (χ2v) is 8.03. The Morgan fingerprint density at radius 1 is 0.969 bits per heavy atom. The van der Waals surface area contributed by atoms with Gasteiger partial charge in [0.1, 0.15) is 5.82 Å². The number of rotatable bonds is 3. The van der Waals surface area contributed by atoms with Crippen molar-refractivity contribution in [2.24, 2.45) is 0 Å². The number of fused-ring (bicyclic) bond motifs is 3. The Hall–Kier alpha value is -3.71. The molecule has 0 unspecified atom stereocenters. The molecule has 1 saturated heterocycles. The highest BCUT2D eigenvalue weighted by Gasteiger charge is 2.55. The van der Waals surface area contributed by atoms with Crippen molar-refractivity contribution in [1.82, 2.24) is 4.90 Å². The molecule has 2 N–H and O–H groups in total. The van der Waals surface area contributed by atoms with Crippen molar-refractivity contribution in [1.29, 1.82) is 0 Å². The van der Waals surface area contributed by atoms with Crippen LogP contribution >= 0.6 is 0 Å². The summed E-state index contributed by atoms with van der Waals surface area (Å²) in [4.78, 5) is 29.7. The molecule has 2 aliphatic heterocycles. The first-order valence-electron chi connectivity index (χ1n) is 10.5. The summed E-state index contributed by atoms with van der Waals surface area (Å²) in [6, 6.07) is 21.1. The van der Waals surface area contributed by atoms with Crippen LogP contribution in [0.2, 0.25) is 0 Å². The average Bonchev–Trinajstić information content (AvgIpc) is 2.81. The summed E-state index contributed by atoms with van der Waals surface area (Å²) in [6.45, 7) is 0.139. The van der Waals surface area contributed by atoms with Gasteiger partial charge in [0.2, 0.25) is 0 Å². The van der Waals surface area contributed by atoms with Crippen LogP contribution in [-0.2, 0) is 0 Å². The zero-order valence-electron chi connectivity index (χ0n) is 17.2. The number of aliphatic hydroxyl groups excluding tert-OH is 1. The van der Waals surface area contributed by atoms with Gasteiger partial charge in [0.25, 0.3) is 5.91 Å². The van der Waals surface area contributed by atoms with Crippen molar-refractivity contribution in [3.05, 3.63) is 95.8 Å². The molecule has 0 radical (unpaired) electrons. The Morgan fingerprint density at radius 2 is 1.66 bits per heavy atom. The molecule has 0 saturated carbocycles. The van der Waals surface area contributed by atoms with Crippen LogP contribution < -0.4 is 10.2 Å². The maximum Gasteiger partial charge on any atom is 0.326 e. The number of urea groups is 1. The van der Waals surface area contributed by atoms with E-state index in [1.165, 1.54) is 24.3 Å². The summed E-state index contributed by atoms with van der Waals surface area (Å²) in [7, 11) is 0. The number of amides is 3. The number of benzene rings is 3. The van der Waals surface area contributed by atoms with E-state index < -0.39 is 0 Å². The second kappa shape index (κ2) is 8.09. The maximum absolute atomic E-state index is 13.2. The van der Waals surface area contributed by atoms with Crippen molar-refractivity contribution in [3.8, 4) is 0 Å². The van der Waals surface area contributed by atoms with Crippen molar-refractivity contribution in [2.45, 2.75) is 18.0 Å². The Labute approximate surface area is 184 Å². The molecule has 32 heavy (non-hydrogen) atoms. The van der Waals surface area contributed by atoms with Crippen molar-refractivity contribution in [3.63, 3.8) is 0 Å². The van der Waals surface area contributed by atoms with E-state index in [4.69, 9.17) is 0 Å². The van der Waals surface area contributed by atoms with Gasteiger partial charge < -0.3 is 15.3 Å². The number of carbonyl (C=O) groups excluding carboxylic acids is 2. The van der Waals surface area contributed by atoms with Crippen LogP contribution in [-0.4, -0.2) is 47.2 Å². The first-order chi connectivity index (χ1) is 15.6. The van der Waals surface area contributed by atoms with Crippen molar-refractivity contribution < 1.29 is 19.1 Å². The van der Waals surface area contributed by atoms with Gasteiger partial charge in [-0.2, -0.15) is 0 Å². The van der Waals surface area contributed by atoms with E-state index in [1.54, 1.807) is 34.1 Å². The smallest absolute Gasteiger partial charge is 0.326 e. The lowest BCUT2D eigenvalue weighted by Crippen LogP contribution is -2.71. The van der Waals surface area contributed by atoms with E-state index in [0.29, 0.717) is 17.8 Å². The maximum atomic E-state index is 13.2. The molecule has 0 aromatic heterocycles. The lowest BCUT2D eigenvalue weighted by atomic mass is 9.71. The van der Waals surface area contributed by atoms with Crippen LogP contribution in [0.4, 0.5) is 20.6 Å². The third-order valence-corrected chi connectivity index (χ3v) is 6.28. The number of nitrogens with one attached hydrogen (secondary N) is 1. The number of halogens is 1. The van der Waals surface area contributed by atoms with Crippen LogP contribution in [0.1, 0.15) is 21.8 Å². The summed E-state index contributed by atoms with van der Waals surface area (Å²) in [6.07, 6.45) is 0. The standard InChI is InChI=1S/C25H22FN3O3/c26-17-10-12-18(13-11-17)27-25(32)28-14-21-23(19-8-4-5-9-20(19)28)22(15-30)29(21)24(31)16-6-2-1-3-7-16/h1-13,21-23,30H,14-15H2,(H,27,32)/t21-,22+,23+/m0/s1. The molecular formula is C25H22FN3O3. The molecule has 3 aromatic carbocycles. The molecule has 3 atom stereocenters. The first kappa shape index (κ1) is 20.2. The lowest BCUT2D eigenvalue weighted by Gasteiger charge is -2.58. The number of para-hydroxylation sites is 1. The molecule has 6 nitrogen and oxygen atoms in total. The second-order valence-electron chi connectivity index (χ2n) is 8.03. The summed E-state index contributed by atoms with van der Waals surface area (Å²) < 4.78 is 13.2. The number of likely N-dealkylation sites (tertiary alicyclic amines) is 1. The Bertz CT molecular complexity index is 1150. The van der Waals surface area contributed by atoms with Crippen molar-refractivity contribution >= 4 is 23.3 Å². The van der Waals surface area contributed by atoms with Gasteiger partial charge in [-0.05, 0) is 48.0 Å². The van der Waals surface area contributed by atoms with Gasteiger partial charge >= 0.3 is 6.03 Å². The Kier molecular flexibility index (Phi) is 5.11. The van der Waals surface area contributed by atoms with E-state index in [9.17, 15) is 19.1 Å². The number of aliphatic hydroxyl groups is 1. The Morgan fingerprint density at radius 3 is 2.38 bits per heavy atom. The molecule has 0 aliphatic carbocycles. The van der Waals surface area contributed by atoms with Crippen LogP contribution in [0.3, 0.4) is 0 Å². The van der Waals surface area contributed by atoms with E-state index in [1.807, 2.05) is 30.3 Å². The zero-order chi connectivity index (χ0) is 22.2. The summed E-state index contributed by atoms with van der Waals surface area (Å²) in [5.74, 6) is -0.600. The van der Waals surface area contributed by atoms with Gasteiger partial charge in [0, 0.05) is 29.4 Å². The molecule has 3 amide bonds. The molecule has 1 fully saturated rings. The normalized spacial score (nSPS) is 21.2. The van der Waals surface area contributed by atoms with Gasteiger partial charge in [-0.25, -0.2) is 9.18 Å². The molecule has 162 valence electrons. The molecule has 3 aromatic rings. The number of carbonyl (C=O) groups is 2. The molecule has 0 bridgehead atoms. The van der Waals surface area contributed by atoms with E-state index >= 15 is 0 Å². The van der Waals surface area contributed by atoms with Crippen molar-refractivity contribution in [2.75, 3.05) is 23.4 Å². The predicted octanol–water partition coefficient (Wildman–Crippen LogP) is 3.85. The SMILES string of the molecule is O=C(Nc1ccc(F)cc1)N1C[C@H]2[C@@H](c3ccccc31)[C@@H](CO)N2C(=O)c1ccccc1. The van der Waals surface area contributed by atoms with Gasteiger partial charge in [-0.15, -0.1) is 0 Å². The van der Waals surface area contributed by atoms with Gasteiger partial charge in [0.05, 0.1) is 18.7 Å². The third kappa shape index (κ3) is 3.31. The van der Waals surface area contributed by atoms with Crippen LogP contribution in [0.25, 0.3) is 0 Å². The monoisotopic (exact) mass is 431 g/mol. The highest BCUT2D eigenvalue weighted by atomic mass is 19.1. The first-order valence-corrected chi connectivity index (χ1v) is 10.5. The number of anilines is 2. The largest absolute Gasteiger partial charge is 0.394 e. The van der Waals surface area contributed by atoms with E-state index in [0.717, 1.165) is 11.3 Å². The minimum absolute atomic E-state index is 0.0567. The fourth-order valence-corrected chi connectivity index (χ4v) is 4.81. The molecule has 7 heteroatoms. The summed E-state index contributed by atoms with van der Waals surface area (Å²) in [5.41, 5.74) is 2.70. The zero-order valence-corrected chi connectivity index (χ0v) is 17.2. The minimum Gasteiger partial charge on any atom is -0.394 e. The predicted molar refractivity (Wildman–Crippen MR) is 119 cm³/mol. The molecule has 0 spiro atoms. The van der Waals surface area contributed by atoms with Crippen LogP contribution in [0.5, 0.6) is 0 Å². The number of hydrogen-bond acceptors (Lipinski definition) is 3. The van der Waals surface area contributed by atoms with Gasteiger partial charge in [0.15, 0.2) is 0 Å². The topological polar surface area (TPSA) is 72.9 Å². The average molecular weight is 431 g/mol. The molecule has 2 heterocycles. The quantitative estimate of drug-likeness (QED) is 0.662. The molecule has 5 rings (SSSR count). The Balaban J connectivity index is 1.46. The number of nitrogens with zero attached hydrogens (tertiary/aromatic N) is 2. The van der Waals surface area contributed by atoms with Crippen LogP contribution in [0, 0.1) is 5.82 Å². The van der Waals surface area contributed by atoms with Crippen LogP contribution in [0.15, 0.2) is 78.9 Å². The number of hydrogen-bond donors (Lipinski definition) is 2. The fourth-order valence-electron chi connectivity index (χ4n) is 4.81. The fraction of sp³-hybridized carbons (Fsp3) is 0.200. The highest BCUT2D eigenvalue weighted by molar-refractivity contribution is 6.03. The lowest BCUT2D eigenvalue weighted by molar-refractivity contribution is -0.0241. The highest BCUT2D eigenvalue weighted by Crippen LogP contribution is 2.48. The minimum atomic E-state index is -0.381. The third-order valence-electron chi connectivity index (χ3n) is 6.28. The van der Waals surface area contributed by atoms with E-state index in [2.05, 4.69) is 5.32 Å². The van der Waals surface area contributed by atoms with Gasteiger partial charge in [-0.1, -0.05) is 36.4 Å².